The molecule has 10 heteroatoms. The molecule has 26 heavy (non-hydrogen) atoms. The van der Waals surface area contributed by atoms with E-state index in [9.17, 15) is 24.3 Å². The van der Waals surface area contributed by atoms with Gasteiger partial charge in [0.15, 0.2) is 6.61 Å². The van der Waals surface area contributed by atoms with Crippen molar-refractivity contribution in [2.75, 3.05) is 6.61 Å². The minimum Gasteiger partial charge on any atom is -0.484 e. The van der Waals surface area contributed by atoms with E-state index in [4.69, 9.17) is 9.47 Å². The Hall–Kier alpha value is -2.75. The molecule has 3 aliphatic rings. The zero-order valence-corrected chi connectivity index (χ0v) is 14.1. The number of aliphatic carboxylic acids is 1. The van der Waals surface area contributed by atoms with E-state index in [1.807, 2.05) is 6.07 Å². The number of amides is 2. The fourth-order valence-corrected chi connectivity index (χ4v) is 5.08. The van der Waals surface area contributed by atoms with Gasteiger partial charge < -0.3 is 19.9 Å². The van der Waals surface area contributed by atoms with Gasteiger partial charge in [-0.15, -0.1) is 11.8 Å². The van der Waals surface area contributed by atoms with Gasteiger partial charge in [-0.05, 0) is 12.1 Å². The molecule has 0 saturated carbocycles. The number of benzene rings is 1. The second kappa shape index (κ2) is 5.90. The number of rotatable bonds is 5. The number of para-hydroxylation sites is 1. The smallest absolute Gasteiger partial charge is 0.371 e. The van der Waals surface area contributed by atoms with E-state index in [-0.39, 0.29) is 13.0 Å². The van der Waals surface area contributed by atoms with Gasteiger partial charge in [-0.2, -0.15) is 0 Å². The van der Waals surface area contributed by atoms with Crippen molar-refractivity contribution >= 4 is 35.5 Å². The lowest BCUT2D eigenvalue weighted by Gasteiger charge is -2.46. The molecule has 0 unspecified atom stereocenters. The molecule has 3 aliphatic heterocycles. The third kappa shape index (κ3) is 2.32. The summed E-state index contributed by atoms with van der Waals surface area (Å²) < 4.78 is 10.3. The van der Waals surface area contributed by atoms with Crippen LogP contribution in [0, 0.1) is 0 Å². The molecule has 0 spiro atoms. The molecule has 0 aliphatic carbocycles. The molecule has 9 nitrogen and oxygen atoms in total. The van der Waals surface area contributed by atoms with Gasteiger partial charge >= 0.3 is 11.9 Å². The van der Waals surface area contributed by atoms with Gasteiger partial charge in [-0.25, -0.2) is 4.79 Å². The topological polar surface area (TPSA) is 122 Å². The molecule has 3 fully saturated rings. The Morgan fingerprint density at radius 3 is 2.77 bits per heavy atom. The van der Waals surface area contributed by atoms with E-state index in [2.05, 4.69) is 5.32 Å². The van der Waals surface area contributed by atoms with Crippen molar-refractivity contribution in [1.29, 1.82) is 0 Å². The molecule has 4 rings (SSSR count). The third-order valence-corrected chi connectivity index (χ3v) is 6.08. The van der Waals surface area contributed by atoms with Crippen molar-refractivity contribution in [3.63, 3.8) is 0 Å². The van der Waals surface area contributed by atoms with Gasteiger partial charge in [0.1, 0.15) is 17.2 Å². The highest BCUT2D eigenvalue weighted by atomic mass is 32.2. The quantitative estimate of drug-likeness (QED) is 0.522. The summed E-state index contributed by atoms with van der Waals surface area (Å²) in [4.78, 5) is 48.7. The van der Waals surface area contributed by atoms with E-state index in [1.165, 1.54) is 0 Å². The average molecular weight is 378 g/mol. The van der Waals surface area contributed by atoms with Crippen molar-refractivity contribution < 1.29 is 33.8 Å². The molecule has 3 heterocycles. The maximum absolute atomic E-state index is 12.4. The fraction of sp³-hybridized carbons (Fsp3) is 0.375. The summed E-state index contributed by atoms with van der Waals surface area (Å²) in [7, 11) is 0. The van der Waals surface area contributed by atoms with Crippen LogP contribution >= 0.6 is 11.8 Å². The standard InChI is InChI=1S/C16H14N2O7S/c19-10(7-24-8-4-2-1-3-5-8)17-12-13(21)18-14(12)26-9-6-11(20)25-16(9,18)15(22)23/h1-5,9,12,14H,6-7H2,(H,17,19)(H,22,23)/t9-,12+,14+,16-/m0/s1. The molecule has 0 aromatic heterocycles. The summed E-state index contributed by atoms with van der Waals surface area (Å²) in [5.41, 5.74) is -1.97. The molecule has 2 N–H and O–H groups in total. The minimum atomic E-state index is -1.97. The van der Waals surface area contributed by atoms with Crippen LogP contribution in [0.1, 0.15) is 6.42 Å². The number of thioether (sulfide) groups is 1. The first kappa shape index (κ1) is 16.7. The molecule has 1 aromatic carbocycles. The lowest BCUT2D eigenvalue weighted by atomic mass is 9.99. The van der Waals surface area contributed by atoms with Crippen molar-refractivity contribution in [1.82, 2.24) is 10.2 Å². The molecular weight excluding hydrogens is 364 g/mol. The lowest BCUT2D eigenvalue weighted by Crippen LogP contribution is -2.75. The normalized spacial score (nSPS) is 31.5. The number of fused-ring (bicyclic) bond motifs is 3. The average Bonchev–Trinajstić information content (AvgIpc) is 3.08. The number of ether oxygens (including phenoxy) is 2. The third-order valence-electron chi connectivity index (χ3n) is 4.50. The molecule has 136 valence electrons. The van der Waals surface area contributed by atoms with Crippen LogP contribution in [0.4, 0.5) is 0 Å². The molecule has 2 amide bonds. The summed E-state index contributed by atoms with van der Waals surface area (Å²) in [5, 5.41) is 10.8. The molecule has 0 radical (unpaired) electrons. The van der Waals surface area contributed by atoms with Gasteiger partial charge in [0.05, 0.1) is 11.7 Å². The van der Waals surface area contributed by atoms with Gasteiger partial charge in [-0.1, -0.05) is 18.2 Å². The Labute approximate surface area is 151 Å². The first-order chi connectivity index (χ1) is 12.4. The van der Waals surface area contributed by atoms with E-state index in [0.717, 1.165) is 16.7 Å². The predicted octanol–water partition coefficient (Wildman–Crippen LogP) is -0.438. The Balaban J connectivity index is 1.41. The second-order valence-electron chi connectivity index (χ2n) is 6.05. The second-order valence-corrected chi connectivity index (χ2v) is 7.37. The van der Waals surface area contributed by atoms with Crippen LogP contribution in [0.5, 0.6) is 5.75 Å². The predicted molar refractivity (Wildman–Crippen MR) is 87.0 cm³/mol. The van der Waals surface area contributed by atoms with Crippen molar-refractivity contribution in [2.24, 2.45) is 0 Å². The number of nitrogens with zero attached hydrogens (tertiary/aromatic N) is 1. The maximum atomic E-state index is 12.4. The molecule has 1 aromatic rings. The number of carboxylic acids is 1. The van der Waals surface area contributed by atoms with Gasteiger partial charge in [0.2, 0.25) is 0 Å². The van der Waals surface area contributed by atoms with E-state index in [1.54, 1.807) is 24.3 Å². The Kier molecular flexibility index (Phi) is 3.79. The number of β-lactam (4-membered cyclic amide) rings is 1. The minimum absolute atomic E-state index is 0.0883. The van der Waals surface area contributed by atoms with E-state index < -0.39 is 46.1 Å². The highest BCUT2D eigenvalue weighted by Crippen LogP contribution is 2.55. The van der Waals surface area contributed by atoms with Crippen LogP contribution in [0.2, 0.25) is 0 Å². The highest BCUT2D eigenvalue weighted by Gasteiger charge is 2.75. The zero-order valence-electron chi connectivity index (χ0n) is 13.3. The van der Waals surface area contributed by atoms with Gasteiger partial charge in [0, 0.05) is 0 Å². The molecule has 0 bridgehead atoms. The summed E-state index contributed by atoms with van der Waals surface area (Å²) in [6.07, 6.45) is -0.0883. The largest absolute Gasteiger partial charge is 0.484 e. The monoisotopic (exact) mass is 378 g/mol. The first-order valence-electron chi connectivity index (χ1n) is 7.84. The Bertz CT molecular complexity index is 801. The molecule has 4 atom stereocenters. The number of hydrogen-bond donors (Lipinski definition) is 2. The fourth-order valence-electron chi connectivity index (χ4n) is 3.34. The zero-order chi connectivity index (χ0) is 18.5. The van der Waals surface area contributed by atoms with Crippen LogP contribution in [0.25, 0.3) is 0 Å². The number of esters is 1. The lowest BCUT2D eigenvalue weighted by molar-refractivity contribution is -0.204. The summed E-state index contributed by atoms with van der Waals surface area (Å²) >= 11 is 1.15. The Morgan fingerprint density at radius 2 is 2.08 bits per heavy atom. The number of hydrogen-bond acceptors (Lipinski definition) is 7. The molecule has 3 saturated heterocycles. The number of carbonyl (C=O) groups excluding carboxylic acids is 3. The van der Waals surface area contributed by atoms with Crippen molar-refractivity contribution in [3.8, 4) is 5.75 Å². The van der Waals surface area contributed by atoms with Crippen LogP contribution in [0.3, 0.4) is 0 Å². The van der Waals surface area contributed by atoms with Crippen molar-refractivity contribution in [3.05, 3.63) is 30.3 Å². The number of carboxylic acid groups (broad SMARTS) is 1. The number of carbonyl (C=O) groups is 4. The summed E-state index contributed by atoms with van der Waals surface area (Å²) in [5.74, 6) is -2.60. The van der Waals surface area contributed by atoms with Gasteiger partial charge in [0.25, 0.3) is 17.5 Å². The summed E-state index contributed by atoms with van der Waals surface area (Å²) in [6, 6.07) is 7.87. The van der Waals surface area contributed by atoms with Crippen molar-refractivity contribution in [2.45, 2.75) is 28.8 Å². The molecular formula is C16H14N2O7S. The SMILES string of the molecule is O=C(COc1ccccc1)N[C@@H]1C(=O)N2[C@@H]1S[C@H]1CC(=O)O[C@]12C(=O)O. The van der Waals surface area contributed by atoms with E-state index >= 15 is 0 Å². The number of nitrogens with one attached hydrogen (secondary N) is 1. The van der Waals surface area contributed by atoms with Crippen LogP contribution < -0.4 is 10.1 Å². The highest BCUT2D eigenvalue weighted by molar-refractivity contribution is 8.01. The van der Waals surface area contributed by atoms with E-state index in [0.29, 0.717) is 5.75 Å². The first-order valence-corrected chi connectivity index (χ1v) is 8.79. The maximum Gasteiger partial charge on any atom is 0.371 e. The summed E-state index contributed by atoms with van der Waals surface area (Å²) in [6.45, 7) is -0.270. The van der Waals surface area contributed by atoms with Crippen LogP contribution in [-0.4, -0.2) is 62.8 Å². The Morgan fingerprint density at radius 1 is 1.35 bits per heavy atom. The van der Waals surface area contributed by atoms with Gasteiger partial charge in [-0.3, -0.25) is 19.3 Å². The van der Waals surface area contributed by atoms with Crippen LogP contribution in [0.15, 0.2) is 30.3 Å². The van der Waals surface area contributed by atoms with Crippen LogP contribution in [-0.2, 0) is 23.9 Å².